The second-order valence-corrected chi connectivity index (χ2v) is 8.44. The molecule has 0 radical (unpaired) electrons. The van der Waals surface area contributed by atoms with Gasteiger partial charge < -0.3 is 10.1 Å². The number of pyridine rings is 1. The van der Waals surface area contributed by atoms with Gasteiger partial charge in [-0.15, -0.1) is 0 Å². The first kappa shape index (κ1) is 20.4. The number of nitrogens with one attached hydrogen (secondary N) is 1. The van der Waals surface area contributed by atoms with Crippen molar-refractivity contribution in [2.75, 3.05) is 11.9 Å². The maximum Gasteiger partial charge on any atom is 0.414 e. The SMILES string of the molecule is Cc1nc2c(c(-c3ccc(Cl)cc3Cl)c1N(C)C(=O)OC(C)(C)C)CNC2=O. The molecule has 0 atom stereocenters. The Balaban J connectivity index is 2.25. The van der Waals surface area contributed by atoms with Gasteiger partial charge in [0.05, 0.1) is 11.4 Å². The number of nitrogens with zero attached hydrogens (tertiary/aromatic N) is 2. The summed E-state index contributed by atoms with van der Waals surface area (Å²) < 4.78 is 5.51. The minimum atomic E-state index is -0.654. The van der Waals surface area contributed by atoms with Crippen LogP contribution in [-0.4, -0.2) is 29.6 Å². The van der Waals surface area contributed by atoms with Gasteiger partial charge in [0.2, 0.25) is 0 Å². The highest BCUT2D eigenvalue weighted by atomic mass is 35.5. The van der Waals surface area contributed by atoms with Crippen molar-refractivity contribution in [1.29, 1.82) is 0 Å². The third-order valence-corrected chi connectivity index (χ3v) is 4.84. The predicted octanol–water partition coefficient (Wildman–Crippen LogP) is 4.98. The van der Waals surface area contributed by atoms with Crippen LogP contribution >= 0.6 is 23.2 Å². The van der Waals surface area contributed by atoms with Gasteiger partial charge in [-0.1, -0.05) is 29.3 Å². The van der Waals surface area contributed by atoms with Crippen molar-refractivity contribution < 1.29 is 14.3 Å². The van der Waals surface area contributed by atoms with Gasteiger partial charge >= 0.3 is 6.09 Å². The van der Waals surface area contributed by atoms with Crippen LogP contribution in [0.15, 0.2) is 18.2 Å². The molecule has 0 spiro atoms. The van der Waals surface area contributed by atoms with E-state index in [1.54, 1.807) is 52.9 Å². The van der Waals surface area contributed by atoms with E-state index in [0.29, 0.717) is 50.4 Å². The molecule has 3 rings (SSSR count). The van der Waals surface area contributed by atoms with Gasteiger partial charge in [0.1, 0.15) is 11.3 Å². The molecule has 2 aromatic rings. The molecule has 2 heterocycles. The number of aryl methyl sites for hydroxylation is 1. The molecule has 0 bridgehead atoms. The van der Waals surface area contributed by atoms with Gasteiger partial charge in [-0.05, 0) is 39.8 Å². The van der Waals surface area contributed by atoms with Gasteiger partial charge in [-0.25, -0.2) is 9.78 Å². The van der Waals surface area contributed by atoms with Crippen LogP contribution in [0.1, 0.15) is 42.5 Å². The standard InChI is InChI=1S/C20H21Cl2N3O3/c1-10-17(25(5)19(27)28-20(2,3)4)15(12-7-6-11(21)8-14(12)22)13-9-23-18(26)16(13)24-10/h6-8H,9H2,1-5H3,(H,23,26). The molecular formula is C20H21Cl2N3O3. The van der Waals surface area contributed by atoms with E-state index in [2.05, 4.69) is 10.3 Å². The number of rotatable bonds is 2. The van der Waals surface area contributed by atoms with E-state index in [-0.39, 0.29) is 5.91 Å². The zero-order valence-corrected chi connectivity index (χ0v) is 17.8. The molecule has 0 unspecified atom stereocenters. The molecule has 148 valence electrons. The third-order valence-electron chi connectivity index (χ3n) is 4.29. The van der Waals surface area contributed by atoms with E-state index >= 15 is 0 Å². The van der Waals surface area contributed by atoms with Crippen molar-refractivity contribution >= 4 is 40.9 Å². The van der Waals surface area contributed by atoms with Gasteiger partial charge in [0, 0.05) is 40.3 Å². The van der Waals surface area contributed by atoms with Gasteiger partial charge in [0.25, 0.3) is 5.91 Å². The second-order valence-electron chi connectivity index (χ2n) is 7.59. The monoisotopic (exact) mass is 421 g/mol. The van der Waals surface area contributed by atoms with E-state index in [4.69, 9.17) is 27.9 Å². The van der Waals surface area contributed by atoms with E-state index in [0.717, 1.165) is 0 Å². The molecular weight excluding hydrogens is 401 g/mol. The van der Waals surface area contributed by atoms with E-state index in [1.807, 2.05) is 0 Å². The van der Waals surface area contributed by atoms with Crippen molar-refractivity contribution in [3.8, 4) is 11.1 Å². The summed E-state index contributed by atoms with van der Waals surface area (Å²) in [6.07, 6.45) is -0.527. The van der Waals surface area contributed by atoms with Crippen LogP contribution in [0, 0.1) is 6.92 Å². The molecule has 1 aliphatic rings. The van der Waals surface area contributed by atoms with Crippen LogP contribution in [0.2, 0.25) is 10.0 Å². The van der Waals surface area contributed by atoms with Gasteiger partial charge in [-0.3, -0.25) is 9.69 Å². The summed E-state index contributed by atoms with van der Waals surface area (Å²) in [5.41, 5.74) is 2.74. The Hall–Kier alpha value is -2.31. The van der Waals surface area contributed by atoms with Crippen LogP contribution in [0.5, 0.6) is 0 Å². The Labute approximate surface area is 173 Å². The number of hydrogen-bond donors (Lipinski definition) is 1. The summed E-state index contributed by atoms with van der Waals surface area (Å²) >= 11 is 12.5. The lowest BCUT2D eigenvalue weighted by Gasteiger charge is -2.28. The highest BCUT2D eigenvalue weighted by molar-refractivity contribution is 6.36. The molecule has 1 aliphatic heterocycles. The lowest BCUT2D eigenvalue weighted by molar-refractivity contribution is 0.0589. The number of halogens is 2. The van der Waals surface area contributed by atoms with Crippen LogP contribution in [0.4, 0.5) is 10.5 Å². The van der Waals surface area contributed by atoms with Crippen molar-refractivity contribution in [3.63, 3.8) is 0 Å². The molecule has 28 heavy (non-hydrogen) atoms. The molecule has 0 aliphatic carbocycles. The Bertz CT molecular complexity index is 984. The van der Waals surface area contributed by atoms with E-state index < -0.39 is 11.7 Å². The first-order valence-corrected chi connectivity index (χ1v) is 9.49. The Morgan fingerprint density at radius 2 is 1.96 bits per heavy atom. The fourth-order valence-corrected chi connectivity index (χ4v) is 3.66. The Morgan fingerprint density at radius 1 is 1.29 bits per heavy atom. The van der Waals surface area contributed by atoms with E-state index in [1.165, 1.54) is 4.90 Å². The van der Waals surface area contributed by atoms with Gasteiger partial charge in [0.15, 0.2) is 0 Å². The highest BCUT2D eigenvalue weighted by Crippen LogP contribution is 2.42. The number of carbonyl (C=O) groups excluding carboxylic acids is 2. The largest absolute Gasteiger partial charge is 0.443 e. The van der Waals surface area contributed by atoms with Crippen LogP contribution in [0.3, 0.4) is 0 Å². The zero-order valence-electron chi connectivity index (χ0n) is 16.3. The molecule has 0 fully saturated rings. The molecule has 6 nitrogen and oxygen atoms in total. The number of carbonyl (C=O) groups is 2. The minimum absolute atomic E-state index is 0.254. The lowest BCUT2D eigenvalue weighted by Crippen LogP contribution is -2.35. The summed E-state index contributed by atoms with van der Waals surface area (Å²) in [6, 6.07) is 5.11. The normalized spacial score (nSPS) is 13.2. The Morgan fingerprint density at radius 3 is 2.57 bits per heavy atom. The van der Waals surface area contributed by atoms with Crippen LogP contribution in [-0.2, 0) is 11.3 Å². The molecule has 1 aromatic carbocycles. The van der Waals surface area contributed by atoms with Crippen molar-refractivity contribution in [1.82, 2.24) is 10.3 Å². The molecule has 2 amide bonds. The molecule has 1 aromatic heterocycles. The number of benzene rings is 1. The number of anilines is 1. The second kappa shape index (κ2) is 7.26. The maximum absolute atomic E-state index is 12.7. The molecule has 1 N–H and O–H groups in total. The predicted molar refractivity (Wildman–Crippen MR) is 110 cm³/mol. The van der Waals surface area contributed by atoms with E-state index in [9.17, 15) is 9.59 Å². The smallest absolute Gasteiger partial charge is 0.414 e. The lowest BCUT2D eigenvalue weighted by atomic mass is 9.96. The summed E-state index contributed by atoms with van der Waals surface area (Å²) in [7, 11) is 1.61. The summed E-state index contributed by atoms with van der Waals surface area (Å²) in [4.78, 5) is 30.8. The highest BCUT2D eigenvalue weighted by Gasteiger charge is 2.32. The van der Waals surface area contributed by atoms with Crippen LogP contribution in [0.25, 0.3) is 11.1 Å². The number of amides is 2. The average Bonchev–Trinajstić information content (AvgIpc) is 2.93. The Kier molecular flexibility index (Phi) is 5.30. The summed E-state index contributed by atoms with van der Waals surface area (Å²) in [6.45, 7) is 7.44. The fourth-order valence-electron chi connectivity index (χ4n) is 3.16. The first-order chi connectivity index (χ1) is 13.0. The third kappa shape index (κ3) is 3.80. The average molecular weight is 422 g/mol. The molecule has 8 heteroatoms. The molecule has 0 saturated heterocycles. The molecule has 0 saturated carbocycles. The summed E-state index contributed by atoms with van der Waals surface area (Å²) in [5.74, 6) is -0.254. The van der Waals surface area contributed by atoms with Crippen molar-refractivity contribution in [2.24, 2.45) is 0 Å². The zero-order chi connectivity index (χ0) is 20.8. The maximum atomic E-state index is 12.7. The number of hydrogen-bond acceptors (Lipinski definition) is 4. The first-order valence-electron chi connectivity index (χ1n) is 8.73. The van der Waals surface area contributed by atoms with Crippen molar-refractivity contribution in [3.05, 3.63) is 45.2 Å². The summed E-state index contributed by atoms with van der Waals surface area (Å²) in [5, 5.41) is 3.69. The number of aromatic nitrogens is 1. The number of fused-ring (bicyclic) bond motifs is 1. The topological polar surface area (TPSA) is 71.5 Å². The quantitative estimate of drug-likeness (QED) is 0.741. The fraction of sp³-hybridized carbons (Fsp3) is 0.350. The van der Waals surface area contributed by atoms with Gasteiger partial charge in [-0.2, -0.15) is 0 Å². The van der Waals surface area contributed by atoms with Crippen molar-refractivity contribution in [2.45, 2.75) is 39.8 Å². The van der Waals surface area contributed by atoms with Crippen LogP contribution < -0.4 is 10.2 Å². The number of ether oxygens (including phenoxy) is 1. The minimum Gasteiger partial charge on any atom is -0.443 e.